The van der Waals surface area contributed by atoms with E-state index >= 15 is 0 Å². The summed E-state index contributed by atoms with van der Waals surface area (Å²) in [6.45, 7) is 1.41. The van der Waals surface area contributed by atoms with Crippen molar-refractivity contribution in [3.05, 3.63) is 58.8 Å². The van der Waals surface area contributed by atoms with Crippen molar-refractivity contribution >= 4 is 31.7 Å². The fourth-order valence-electron chi connectivity index (χ4n) is 3.42. The first-order valence-corrected chi connectivity index (χ1v) is 11.7. The molecule has 152 valence electrons. The molecule has 1 aromatic heterocycles. The lowest BCUT2D eigenvalue weighted by Gasteiger charge is -2.20. The fraction of sp³-hybridized carbons (Fsp3) is 0.286. The largest absolute Gasteiger partial charge is 0.419 e. The molecule has 1 fully saturated rings. The predicted molar refractivity (Wildman–Crippen MR) is 112 cm³/mol. The van der Waals surface area contributed by atoms with Crippen molar-refractivity contribution in [3.63, 3.8) is 0 Å². The molecule has 0 amide bonds. The molecule has 2 aromatic carbocycles. The van der Waals surface area contributed by atoms with Crippen molar-refractivity contribution in [3.8, 4) is 11.5 Å². The molecular weight excluding hydrogens is 459 g/mol. The molecular formula is C21H20BrFN2O3S. The fourth-order valence-corrected chi connectivity index (χ4v) is 5.14. The number of benzene rings is 2. The molecule has 5 nitrogen and oxygen atoms in total. The van der Waals surface area contributed by atoms with E-state index in [2.05, 4.69) is 20.9 Å². The molecule has 0 bridgehead atoms. The highest BCUT2D eigenvalue weighted by atomic mass is 79.9. The Morgan fingerprint density at radius 3 is 2.34 bits per heavy atom. The van der Waals surface area contributed by atoms with Crippen LogP contribution in [0.3, 0.4) is 0 Å². The number of sulfone groups is 1. The smallest absolute Gasteiger partial charge is 0.236 e. The highest BCUT2D eigenvalue weighted by Gasteiger charge is 2.31. The van der Waals surface area contributed by atoms with Gasteiger partial charge in [-0.1, -0.05) is 34.8 Å². The van der Waals surface area contributed by atoms with E-state index < -0.39 is 15.7 Å². The van der Waals surface area contributed by atoms with Crippen LogP contribution in [0.4, 0.5) is 10.3 Å². The van der Waals surface area contributed by atoms with Crippen molar-refractivity contribution in [2.24, 2.45) is 0 Å². The minimum absolute atomic E-state index is 0.0101. The molecule has 29 heavy (non-hydrogen) atoms. The second kappa shape index (κ2) is 8.28. The van der Waals surface area contributed by atoms with Crippen LogP contribution in [0, 0.1) is 5.82 Å². The van der Waals surface area contributed by atoms with Crippen molar-refractivity contribution in [2.45, 2.75) is 35.6 Å². The van der Waals surface area contributed by atoms with Crippen molar-refractivity contribution in [1.82, 2.24) is 4.98 Å². The van der Waals surface area contributed by atoms with Gasteiger partial charge in [0.25, 0.3) is 0 Å². The Morgan fingerprint density at radius 2 is 1.69 bits per heavy atom. The SMILES string of the molecule is O=S(=O)(c1ccc(F)cc1)c1nc(-c2cccc(Br)c2)oc1N1CCCCCC1. The molecule has 0 spiro atoms. The van der Waals surface area contributed by atoms with Gasteiger partial charge in [-0.25, -0.2) is 12.8 Å². The van der Waals surface area contributed by atoms with Gasteiger partial charge in [-0.3, -0.25) is 0 Å². The zero-order valence-corrected chi connectivity index (χ0v) is 18.0. The molecule has 4 rings (SSSR count). The summed E-state index contributed by atoms with van der Waals surface area (Å²) < 4.78 is 46.8. The average molecular weight is 479 g/mol. The van der Waals surface area contributed by atoms with Gasteiger partial charge in [-0.05, 0) is 55.3 Å². The van der Waals surface area contributed by atoms with Crippen LogP contribution in [-0.4, -0.2) is 26.5 Å². The summed E-state index contributed by atoms with van der Waals surface area (Å²) >= 11 is 3.42. The number of oxazole rings is 1. The first-order valence-electron chi connectivity index (χ1n) is 9.47. The Balaban J connectivity index is 1.85. The molecule has 8 heteroatoms. The zero-order chi connectivity index (χ0) is 20.4. The monoisotopic (exact) mass is 478 g/mol. The predicted octanol–water partition coefficient (Wildman–Crippen LogP) is 5.46. The van der Waals surface area contributed by atoms with E-state index in [1.165, 1.54) is 12.1 Å². The average Bonchev–Trinajstić information content (AvgIpc) is 2.98. The second-order valence-corrected chi connectivity index (χ2v) is 9.78. The van der Waals surface area contributed by atoms with Crippen LogP contribution in [0.5, 0.6) is 0 Å². The number of halogens is 2. The van der Waals surface area contributed by atoms with Crippen molar-refractivity contribution in [1.29, 1.82) is 0 Å². The van der Waals surface area contributed by atoms with Gasteiger partial charge < -0.3 is 9.32 Å². The maximum absolute atomic E-state index is 13.3. The van der Waals surface area contributed by atoms with Crippen LogP contribution in [0.2, 0.25) is 0 Å². The molecule has 1 aliphatic rings. The topological polar surface area (TPSA) is 63.4 Å². The molecule has 1 aliphatic heterocycles. The summed E-state index contributed by atoms with van der Waals surface area (Å²) in [6, 6.07) is 12.1. The molecule has 3 aromatic rings. The van der Waals surface area contributed by atoms with E-state index in [-0.39, 0.29) is 21.7 Å². The van der Waals surface area contributed by atoms with Crippen LogP contribution < -0.4 is 4.90 Å². The number of hydrogen-bond donors (Lipinski definition) is 0. The third-order valence-corrected chi connectivity index (χ3v) is 7.08. The third kappa shape index (κ3) is 4.23. The summed E-state index contributed by atoms with van der Waals surface area (Å²) in [7, 11) is -3.97. The summed E-state index contributed by atoms with van der Waals surface area (Å²) in [5, 5.41) is -0.124. The summed E-state index contributed by atoms with van der Waals surface area (Å²) in [4.78, 5) is 6.33. The van der Waals surface area contributed by atoms with Crippen LogP contribution in [0.25, 0.3) is 11.5 Å². The molecule has 0 saturated carbocycles. The van der Waals surface area contributed by atoms with Crippen molar-refractivity contribution < 1.29 is 17.2 Å². The lowest BCUT2D eigenvalue weighted by atomic mass is 10.2. The Bertz CT molecular complexity index is 1110. The Morgan fingerprint density at radius 1 is 1.00 bits per heavy atom. The molecule has 0 atom stereocenters. The van der Waals surface area contributed by atoms with E-state index in [9.17, 15) is 12.8 Å². The molecule has 0 aliphatic carbocycles. The zero-order valence-electron chi connectivity index (χ0n) is 15.6. The van der Waals surface area contributed by atoms with E-state index in [0.29, 0.717) is 18.7 Å². The number of rotatable bonds is 4. The maximum atomic E-state index is 13.3. The molecule has 0 unspecified atom stereocenters. The standard InChI is InChI=1S/C21H20BrFN2O3S/c22-16-7-5-6-15(14-16)19-24-20(21(28-19)25-12-3-1-2-4-13-25)29(26,27)18-10-8-17(23)9-11-18/h5-11,14H,1-4,12-13H2. The van der Waals surface area contributed by atoms with Gasteiger partial charge in [-0.15, -0.1) is 0 Å². The van der Waals surface area contributed by atoms with Crippen LogP contribution in [-0.2, 0) is 9.84 Å². The van der Waals surface area contributed by atoms with Crippen molar-refractivity contribution in [2.75, 3.05) is 18.0 Å². The molecule has 1 saturated heterocycles. The van der Waals surface area contributed by atoms with Crippen LogP contribution >= 0.6 is 15.9 Å². The highest BCUT2D eigenvalue weighted by Crippen LogP contribution is 2.36. The van der Waals surface area contributed by atoms with E-state index in [1.54, 1.807) is 0 Å². The van der Waals surface area contributed by atoms with Gasteiger partial charge >= 0.3 is 0 Å². The Hall–Kier alpha value is -2.19. The molecule has 2 heterocycles. The lowest BCUT2D eigenvalue weighted by Crippen LogP contribution is -2.25. The minimum atomic E-state index is -3.97. The lowest BCUT2D eigenvalue weighted by molar-refractivity contribution is 0.543. The van der Waals surface area contributed by atoms with E-state index in [0.717, 1.165) is 42.3 Å². The van der Waals surface area contributed by atoms with Gasteiger partial charge in [0.1, 0.15) is 5.82 Å². The van der Waals surface area contributed by atoms with Crippen LogP contribution in [0.1, 0.15) is 25.7 Å². The van der Waals surface area contributed by atoms with E-state index in [4.69, 9.17) is 4.42 Å². The second-order valence-electron chi connectivity index (χ2n) is 7.00. The Kier molecular flexibility index (Phi) is 5.74. The van der Waals surface area contributed by atoms with Gasteiger partial charge in [0.15, 0.2) is 0 Å². The summed E-state index contributed by atoms with van der Waals surface area (Å²) in [6.07, 6.45) is 4.12. The van der Waals surface area contributed by atoms with Gasteiger partial charge in [-0.2, -0.15) is 4.98 Å². The molecule has 0 N–H and O–H groups in total. The normalized spacial score (nSPS) is 15.3. The third-order valence-electron chi connectivity index (χ3n) is 4.92. The van der Waals surface area contributed by atoms with Crippen LogP contribution in [0.15, 0.2) is 67.3 Å². The number of hydrogen-bond acceptors (Lipinski definition) is 5. The quantitative estimate of drug-likeness (QED) is 0.466. The van der Waals surface area contributed by atoms with Gasteiger partial charge in [0, 0.05) is 23.1 Å². The summed E-state index contributed by atoms with van der Waals surface area (Å²) in [5.74, 6) is 0.00380. The number of nitrogens with zero attached hydrogens (tertiary/aromatic N) is 2. The first-order chi connectivity index (χ1) is 13.9. The maximum Gasteiger partial charge on any atom is 0.236 e. The van der Waals surface area contributed by atoms with Gasteiger partial charge in [0.05, 0.1) is 4.90 Å². The van der Waals surface area contributed by atoms with Gasteiger partial charge in [0.2, 0.25) is 26.6 Å². The highest BCUT2D eigenvalue weighted by molar-refractivity contribution is 9.10. The first kappa shape index (κ1) is 20.1. The number of anilines is 1. The minimum Gasteiger partial charge on any atom is -0.419 e. The molecule has 0 radical (unpaired) electrons. The van der Waals surface area contributed by atoms with E-state index in [1.807, 2.05) is 29.2 Å². The Labute approximate surface area is 177 Å². The summed E-state index contributed by atoms with van der Waals surface area (Å²) in [5.41, 5.74) is 0.677. The number of aromatic nitrogens is 1.